The van der Waals surface area contributed by atoms with E-state index >= 15 is 0 Å². The van der Waals surface area contributed by atoms with E-state index in [2.05, 4.69) is 18.7 Å². The molecule has 0 bridgehead atoms. The van der Waals surface area contributed by atoms with Crippen LogP contribution in [0.15, 0.2) is 18.2 Å². The minimum atomic E-state index is -0.222. The van der Waals surface area contributed by atoms with Gasteiger partial charge in [0, 0.05) is 31.9 Å². The van der Waals surface area contributed by atoms with Crippen LogP contribution >= 0.6 is 0 Å². The molecular weight excluding hydrogens is 243 g/mol. The van der Waals surface area contributed by atoms with Crippen LogP contribution in [0.2, 0.25) is 0 Å². The zero-order valence-corrected chi connectivity index (χ0v) is 11.9. The summed E-state index contributed by atoms with van der Waals surface area (Å²) in [6, 6.07) is 5.20. The van der Waals surface area contributed by atoms with Gasteiger partial charge in [-0.2, -0.15) is 0 Å². The molecule has 1 heterocycles. The lowest BCUT2D eigenvalue weighted by molar-refractivity contribution is 0.0102. The first kappa shape index (κ1) is 14.3. The van der Waals surface area contributed by atoms with Gasteiger partial charge in [-0.3, -0.25) is 0 Å². The van der Waals surface area contributed by atoms with Crippen molar-refractivity contribution in [3.05, 3.63) is 29.6 Å². The second-order valence-electron chi connectivity index (χ2n) is 5.77. The Hall–Kier alpha value is -1.13. The number of hydrogen-bond acceptors (Lipinski definition) is 3. The van der Waals surface area contributed by atoms with E-state index in [0.29, 0.717) is 6.54 Å². The first-order valence-corrected chi connectivity index (χ1v) is 6.77. The van der Waals surface area contributed by atoms with E-state index in [4.69, 9.17) is 10.5 Å². The Morgan fingerprint density at radius 2 is 2.21 bits per heavy atom. The zero-order chi connectivity index (χ0) is 14.0. The van der Waals surface area contributed by atoms with Gasteiger partial charge in [-0.15, -0.1) is 0 Å². The Labute approximate surface area is 114 Å². The second-order valence-corrected chi connectivity index (χ2v) is 5.77. The van der Waals surface area contributed by atoms with Gasteiger partial charge in [0.25, 0.3) is 0 Å². The molecule has 2 rings (SSSR count). The fourth-order valence-electron chi connectivity index (χ4n) is 2.73. The van der Waals surface area contributed by atoms with Crippen molar-refractivity contribution in [2.75, 3.05) is 25.1 Å². The highest BCUT2D eigenvalue weighted by molar-refractivity contribution is 5.59. The van der Waals surface area contributed by atoms with Crippen molar-refractivity contribution in [3.63, 3.8) is 0 Å². The molecular formula is C15H23FN2O. The Morgan fingerprint density at radius 1 is 1.47 bits per heavy atom. The highest BCUT2D eigenvalue weighted by Gasteiger charge is 2.30. The standard InChI is InChI=1S/C15H23FN2O/c1-15(2,19-3)9-13(10-17)18-7-6-11-4-5-12(16)8-14(11)18/h4-5,8,13H,6-7,9-10,17H2,1-3H3. The van der Waals surface area contributed by atoms with Gasteiger partial charge in [-0.25, -0.2) is 4.39 Å². The van der Waals surface area contributed by atoms with Crippen molar-refractivity contribution in [2.45, 2.75) is 38.3 Å². The first-order chi connectivity index (χ1) is 8.96. The van der Waals surface area contributed by atoms with Crippen LogP contribution in [-0.2, 0) is 11.2 Å². The zero-order valence-electron chi connectivity index (χ0n) is 11.9. The fourth-order valence-corrected chi connectivity index (χ4v) is 2.73. The number of benzene rings is 1. The molecule has 0 aliphatic carbocycles. The number of nitrogens with zero attached hydrogens (tertiary/aromatic N) is 1. The largest absolute Gasteiger partial charge is 0.379 e. The number of nitrogens with two attached hydrogens (primary N) is 1. The lowest BCUT2D eigenvalue weighted by Gasteiger charge is -2.35. The highest BCUT2D eigenvalue weighted by atomic mass is 19.1. The van der Waals surface area contributed by atoms with E-state index in [0.717, 1.165) is 25.1 Å². The smallest absolute Gasteiger partial charge is 0.125 e. The predicted octanol–water partition coefficient (Wildman–Crippen LogP) is 2.33. The average Bonchev–Trinajstić information content (AvgIpc) is 2.79. The number of rotatable bonds is 5. The van der Waals surface area contributed by atoms with E-state index in [9.17, 15) is 4.39 Å². The molecule has 0 fully saturated rings. The van der Waals surface area contributed by atoms with Crippen molar-refractivity contribution < 1.29 is 9.13 Å². The molecule has 1 unspecified atom stereocenters. The third kappa shape index (κ3) is 3.07. The topological polar surface area (TPSA) is 38.5 Å². The van der Waals surface area contributed by atoms with Crippen LogP contribution in [0.5, 0.6) is 0 Å². The summed E-state index contributed by atoms with van der Waals surface area (Å²) in [6.07, 6.45) is 1.79. The minimum absolute atomic E-state index is 0.179. The van der Waals surface area contributed by atoms with Gasteiger partial charge in [0.2, 0.25) is 0 Å². The van der Waals surface area contributed by atoms with Crippen LogP contribution in [0.4, 0.5) is 10.1 Å². The first-order valence-electron chi connectivity index (χ1n) is 6.77. The molecule has 0 saturated heterocycles. The molecule has 1 aromatic carbocycles. The van der Waals surface area contributed by atoms with Gasteiger partial charge < -0.3 is 15.4 Å². The van der Waals surface area contributed by atoms with Gasteiger partial charge >= 0.3 is 0 Å². The number of methoxy groups -OCH3 is 1. The molecule has 0 spiro atoms. The molecule has 3 nitrogen and oxygen atoms in total. The average molecular weight is 266 g/mol. The molecule has 1 aromatic rings. The Balaban J connectivity index is 2.21. The quantitative estimate of drug-likeness (QED) is 0.889. The normalized spacial score (nSPS) is 16.6. The van der Waals surface area contributed by atoms with Crippen molar-refractivity contribution >= 4 is 5.69 Å². The summed E-state index contributed by atoms with van der Waals surface area (Å²) in [7, 11) is 1.71. The number of halogens is 1. The van der Waals surface area contributed by atoms with E-state index in [1.807, 2.05) is 6.07 Å². The molecule has 106 valence electrons. The summed E-state index contributed by atoms with van der Waals surface area (Å²) in [6.45, 7) is 5.56. The van der Waals surface area contributed by atoms with Gasteiger partial charge in [0.1, 0.15) is 5.82 Å². The molecule has 4 heteroatoms. The summed E-state index contributed by atoms with van der Waals surface area (Å²) in [5.41, 5.74) is 7.89. The van der Waals surface area contributed by atoms with Crippen molar-refractivity contribution in [1.29, 1.82) is 0 Å². The maximum Gasteiger partial charge on any atom is 0.125 e. The number of fused-ring (bicyclic) bond motifs is 1. The Morgan fingerprint density at radius 3 is 2.84 bits per heavy atom. The van der Waals surface area contributed by atoms with Crippen molar-refractivity contribution in [3.8, 4) is 0 Å². The number of ether oxygens (including phenoxy) is 1. The van der Waals surface area contributed by atoms with Crippen LogP contribution in [0.1, 0.15) is 25.8 Å². The highest BCUT2D eigenvalue weighted by Crippen LogP contribution is 2.32. The van der Waals surface area contributed by atoms with Crippen molar-refractivity contribution in [1.82, 2.24) is 0 Å². The molecule has 1 atom stereocenters. The van der Waals surface area contributed by atoms with Crippen LogP contribution in [-0.4, -0.2) is 31.8 Å². The fraction of sp³-hybridized carbons (Fsp3) is 0.600. The Kier molecular flexibility index (Phi) is 4.11. The van der Waals surface area contributed by atoms with Gasteiger partial charge in [-0.1, -0.05) is 6.07 Å². The summed E-state index contributed by atoms with van der Waals surface area (Å²) in [5, 5.41) is 0. The molecule has 1 aliphatic heterocycles. The van der Waals surface area contributed by atoms with E-state index in [1.165, 1.54) is 11.6 Å². The molecule has 2 N–H and O–H groups in total. The van der Waals surface area contributed by atoms with Gasteiger partial charge in [0.05, 0.1) is 5.60 Å². The predicted molar refractivity (Wildman–Crippen MR) is 76.0 cm³/mol. The molecule has 0 amide bonds. The molecule has 0 aromatic heterocycles. The third-order valence-electron chi connectivity index (χ3n) is 3.97. The van der Waals surface area contributed by atoms with E-state index in [1.54, 1.807) is 13.2 Å². The number of anilines is 1. The molecule has 19 heavy (non-hydrogen) atoms. The van der Waals surface area contributed by atoms with Crippen LogP contribution in [0.3, 0.4) is 0 Å². The molecule has 0 radical (unpaired) electrons. The lowest BCUT2D eigenvalue weighted by atomic mass is 9.97. The van der Waals surface area contributed by atoms with Gasteiger partial charge in [-0.05, 0) is 44.4 Å². The van der Waals surface area contributed by atoms with Gasteiger partial charge in [0.15, 0.2) is 0 Å². The number of hydrogen-bond donors (Lipinski definition) is 1. The third-order valence-corrected chi connectivity index (χ3v) is 3.97. The monoisotopic (exact) mass is 266 g/mol. The van der Waals surface area contributed by atoms with Crippen LogP contribution < -0.4 is 10.6 Å². The lowest BCUT2D eigenvalue weighted by Crippen LogP contribution is -2.44. The van der Waals surface area contributed by atoms with Crippen molar-refractivity contribution in [2.24, 2.45) is 5.73 Å². The second kappa shape index (κ2) is 5.47. The minimum Gasteiger partial charge on any atom is -0.379 e. The van der Waals surface area contributed by atoms with Crippen LogP contribution in [0, 0.1) is 5.82 Å². The summed E-state index contributed by atoms with van der Waals surface area (Å²) in [5.74, 6) is -0.188. The van der Waals surface area contributed by atoms with E-state index in [-0.39, 0.29) is 17.5 Å². The Bertz CT molecular complexity index is 448. The van der Waals surface area contributed by atoms with Crippen LogP contribution in [0.25, 0.3) is 0 Å². The summed E-state index contributed by atoms with van der Waals surface area (Å²) < 4.78 is 18.9. The SMILES string of the molecule is COC(C)(C)CC(CN)N1CCc2ccc(F)cc21. The molecule has 1 aliphatic rings. The summed E-state index contributed by atoms with van der Waals surface area (Å²) in [4.78, 5) is 2.22. The van der Waals surface area contributed by atoms with E-state index < -0.39 is 0 Å². The maximum atomic E-state index is 13.4. The maximum absolute atomic E-state index is 13.4. The molecule has 0 saturated carbocycles. The summed E-state index contributed by atoms with van der Waals surface area (Å²) >= 11 is 0.